The van der Waals surface area contributed by atoms with E-state index in [4.69, 9.17) is 4.42 Å². The quantitative estimate of drug-likeness (QED) is 0.610. The van der Waals surface area contributed by atoms with Gasteiger partial charge in [0, 0.05) is 42.6 Å². The Bertz CT molecular complexity index is 913. The van der Waals surface area contributed by atoms with Crippen molar-refractivity contribution in [3.8, 4) is 17.3 Å². The van der Waals surface area contributed by atoms with Gasteiger partial charge in [0.2, 0.25) is 23.6 Å². The van der Waals surface area contributed by atoms with E-state index in [1.807, 2.05) is 16.8 Å². The van der Waals surface area contributed by atoms with Crippen LogP contribution in [0.4, 0.5) is 13.2 Å². The summed E-state index contributed by atoms with van der Waals surface area (Å²) < 4.78 is 46.6. The molecule has 0 aliphatic rings. The number of carbonyl (C=O) groups is 1. The Morgan fingerprint density at radius 3 is 2.89 bits per heavy atom. The second kappa shape index (κ2) is 8.83. The highest BCUT2D eigenvalue weighted by molar-refractivity contribution is 7.08. The van der Waals surface area contributed by atoms with E-state index in [1.165, 1.54) is 23.6 Å². The van der Waals surface area contributed by atoms with Crippen molar-refractivity contribution in [2.75, 3.05) is 6.61 Å². The molecule has 0 atom stereocenters. The average Bonchev–Trinajstić information content (AvgIpc) is 3.34. The van der Waals surface area contributed by atoms with E-state index >= 15 is 0 Å². The van der Waals surface area contributed by atoms with Crippen molar-refractivity contribution in [2.45, 2.75) is 25.6 Å². The van der Waals surface area contributed by atoms with E-state index in [1.54, 1.807) is 6.07 Å². The monoisotopic (exact) mass is 412 g/mol. The average molecular weight is 412 g/mol. The van der Waals surface area contributed by atoms with Crippen molar-refractivity contribution in [1.82, 2.24) is 20.5 Å². The number of hydrogen-bond acceptors (Lipinski definition) is 7. The molecule has 3 aromatic rings. The summed E-state index contributed by atoms with van der Waals surface area (Å²) in [6, 6.07) is 4.78. The first kappa shape index (κ1) is 19.8. The fourth-order valence-electron chi connectivity index (χ4n) is 2.16. The summed E-state index contributed by atoms with van der Waals surface area (Å²) in [4.78, 5) is 15.7. The minimum Gasteiger partial charge on any atom is -0.468 e. The largest absolute Gasteiger partial charge is 0.468 e. The zero-order valence-electron chi connectivity index (χ0n) is 14.4. The molecule has 0 saturated heterocycles. The van der Waals surface area contributed by atoms with Crippen LogP contribution in [0.1, 0.15) is 17.9 Å². The van der Waals surface area contributed by atoms with Crippen LogP contribution in [0.15, 0.2) is 39.6 Å². The predicted octanol–water partition coefficient (Wildman–Crippen LogP) is 3.38. The van der Waals surface area contributed by atoms with Gasteiger partial charge in [-0.05, 0) is 23.1 Å². The topological polar surface area (TPSA) is 90.1 Å². The van der Waals surface area contributed by atoms with Gasteiger partial charge in [-0.15, -0.1) is 10.2 Å². The number of carbonyl (C=O) groups excluding carboxylic acids is 1. The third-order valence-electron chi connectivity index (χ3n) is 3.47. The smallest absolute Gasteiger partial charge is 0.422 e. The summed E-state index contributed by atoms with van der Waals surface area (Å²) in [6.45, 7) is -1.29. The molecule has 0 aliphatic carbocycles. The van der Waals surface area contributed by atoms with Crippen LogP contribution in [0, 0.1) is 0 Å². The molecule has 3 rings (SSSR count). The first-order chi connectivity index (χ1) is 13.4. The fraction of sp³-hybridized carbons (Fsp3) is 0.294. The maximum atomic E-state index is 12.2. The fourth-order valence-corrected chi connectivity index (χ4v) is 2.79. The van der Waals surface area contributed by atoms with E-state index < -0.39 is 12.8 Å². The number of nitrogens with zero attached hydrogens (tertiary/aromatic N) is 3. The molecule has 0 saturated carbocycles. The van der Waals surface area contributed by atoms with Gasteiger partial charge in [-0.1, -0.05) is 0 Å². The lowest BCUT2D eigenvalue weighted by atomic mass is 10.2. The number of nitrogens with one attached hydrogen (secondary N) is 1. The number of thiophene rings is 1. The van der Waals surface area contributed by atoms with Gasteiger partial charge in [0.25, 0.3) is 0 Å². The zero-order valence-corrected chi connectivity index (χ0v) is 15.2. The van der Waals surface area contributed by atoms with Gasteiger partial charge < -0.3 is 14.5 Å². The molecule has 0 unspecified atom stereocenters. The SMILES string of the molecule is O=C(CCc1nnc(-c2ccsc2)o1)NCc1ccnc(OCC(F)(F)F)c1. The molecule has 3 aromatic heterocycles. The Kier molecular flexibility index (Phi) is 6.24. The first-order valence-corrected chi connectivity index (χ1v) is 9.09. The molecule has 3 heterocycles. The van der Waals surface area contributed by atoms with Crippen molar-refractivity contribution in [1.29, 1.82) is 0 Å². The third kappa shape index (κ3) is 6.05. The van der Waals surface area contributed by atoms with E-state index in [9.17, 15) is 18.0 Å². The number of aryl methyl sites for hydroxylation is 1. The summed E-state index contributed by atoms with van der Waals surface area (Å²) in [6.07, 6.45) is -2.71. The molecule has 148 valence electrons. The number of alkyl halides is 3. The highest BCUT2D eigenvalue weighted by atomic mass is 32.1. The van der Waals surface area contributed by atoms with Crippen molar-refractivity contribution < 1.29 is 27.1 Å². The van der Waals surface area contributed by atoms with Gasteiger partial charge in [-0.25, -0.2) is 4.98 Å². The number of pyridine rings is 1. The van der Waals surface area contributed by atoms with Crippen molar-refractivity contribution in [3.05, 3.63) is 46.6 Å². The minimum absolute atomic E-state index is 0.133. The van der Waals surface area contributed by atoms with Crippen molar-refractivity contribution in [2.24, 2.45) is 0 Å². The summed E-state index contributed by atoms with van der Waals surface area (Å²) in [5.41, 5.74) is 1.40. The van der Waals surface area contributed by atoms with Gasteiger partial charge in [0.1, 0.15) is 0 Å². The molecule has 0 spiro atoms. The molecule has 0 bridgehead atoms. The van der Waals surface area contributed by atoms with E-state index in [0.29, 0.717) is 17.3 Å². The summed E-state index contributed by atoms with van der Waals surface area (Å²) in [5.74, 6) is 0.337. The lowest BCUT2D eigenvalue weighted by molar-refractivity contribution is -0.154. The van der Waals surface area contributed by atoms with Crippen LogP contribution in [0.5, 0.6) is 5.88 Å². The molecule has 28 heavy (non-hydrogen) atoms. The highest BCUT2D eigenvalue weighted by Crippen LogP contribution is 2.21. The normalized spacial score (nSPS) is 11.4. The number of amides is 1. The van der Waals surface area contributed by atoms with Crippen LogP contribution in [0.3, 0.4) is 0 Å². The van der Waals surface area contributed by atoms with Gasteiger partial charge in [0.05, 0.1) is 0 Å². The molecule has 0 fully saturated rings. The summed E-state index contributed by atoms with van der Waals surface area (Å²) >= 11 is 1.51. The molecular weight excluding hydrogens is 397 g/mol. The Morgan fingerprint density at radius 1 is 1.29 bits per heavy atom. The molecule has 11 heteroatoms. The molecule has 0 aromatic carbocycles. The Labute approximate surface area is 161 Å². The van der Waals surface area contributed by atoms with E-state index in [0.717, 1.165) is 5.56 Å². The number of ether oxygens (including phenoxy) is 1. The molecule has 1 N–H and O–H groups in total. The van der Waals surface area contributed by atoms with Gasteiger partial charge in [0.15, 0.2) is 6.61 Å². The predicted molar refractivity (Wildman–Crippen MR) is 93.6 cm³/mol. The molecule has 7 nitrogen and oxygen atoms in total. The molecule has 1 amide bonds. The number of hydrogen-bond donors (Lipinski definition) is 1. The minimum atomic E-state index is -4.44. The lowest BCUT2D eigenvalue weighted by Crippen LogP contribution is -2.23. The van der Waals surface area contributed by atoms with E-state index in [2.05, 4.69) is 25.2 Å². The standard InChI is InChI=1S/C17H15F3N4O3S/c18-17(19,20)10-26-15-7-11(3-5-21-15)8-22-13(25)1-2-14-23-24-16(27-14)12-4-6-28-9-12/h3-7,9H,1-2,8,10H2,(H,22,25). The zero-order chi connectivity index (χ0) is 20.0. The number of halogens is 3. The van der Waals surface area contributed by atoms with Gasteiger partial charge in [-0.3, -0.25) is 4.79 Å². The van der Waals surface area contributed by atoms with Crippen LogP contribution >= 0.6 is 11.3 Å². The molecular formula is C17H15F3N4O3S. The van der Waals surface area contributed by atoms with Crippen LogP contribution in [-0.2, 0) is 17.8 Å². The second-order valence-electron chi connectivity index (χ2n) is 5.70. The maximum Gasteiger partial charge on any atom is 0.422 e. The van der Waals surface area contributed by atoms with E-state index in [-0.39, 0.29) is 31.2 Å². The van der Waals surface area contributed by atoms with Crippen LogP contribution < -0.4 is 10.1 Å². The van der Waals surface area contributed by atoms with Gasteiger partial charge >= 0.3 is 6.18 Å². The first-order valence-electron chi connectivity index (χ1n) is 8.15. The number of rotatable bonds is 8. The maximum absolute atomic E-state index is 12.2. The molecule has 0 radical (unpaired) electrons. The van der Waals surface area contributed by atoms with Crippen molar-refractivity contribution in [3.63, 3.8) is 0 Å². The second-order valence-corrected chi connectivity index (χ2v) is 6.48. The lowest BCUT2D eigenvalue weighted by Gasteiger charge is -2.09. The Balaban J connectivity index is 1.44. The van der Waals surface area contributed by atoms with Gasteiger partial charge in [-0.2, -0.15) is 24.5 Å². The third-order valence-corrected chi connectivity index (χ3v) is 4.16. The Morgan fingerprint density at radius 2 is 2.14 bits per heavy atom. The number of aromatic nitrogens is 3. The Hall–Kier alpha value is -2.95. The highest BCUT2D eigenvalue weighted by Gasteiger charge is 2.28. The van der Waals surface area contributed by atoms with Crippen LogP contribution in [-0.4, -0.2) is 33.9 Å². The summed E-state index contributed by atoms with van der Waals surface area (Å²) in [7, 11) is 0. The van der Waals surface area contributed by atoms with Crippen molar-refractivity contribution >= 4 is 17.2 Å². The summed E-state index contributed by atoms with van der Waals surface area (Å²) in [5, 5.41) is 14.3. The van der Waals surface area contributed by atoms with Crippen LogP contribution in [0.25, 0.3) is 11.5 Å². The molecule has 0 aliphatic heterocycles. The van der Waals surface area contributed by atoms with Crippen LogP contribution in [0.2, 0.25) is 0 Å².